The van der Waals surface area contributed by atoms with Crippen LogP contribution in [-0.2, 0) is 0 Å². The lowest BCUT2D eigenvalue weighted by Gasteiger charge is -2.30. The van der Waals surface area contributed by atoms with Crippen LogP contribution in [0, 0.1) is 13.8 Å². The lowest BCUT2D eigenvalue weighted by atomic mass is 10.1. The Bertz CT molecular complexity index is 731. The van der Waals surface area contributed by atoms with Crippen LogP contribution in [0.15, 0.2) is 24.4 Å². The molecule has 6 nitrogen and oxygen atoms in total. The first kappa shape index (κ1) is 14.3. The zero-order valence-electron chi connectivity index (χ0n) is 12.8. The van der Waals surface area contributed by atoms with Gasteiger partial charge in [0.1, 0.15) is 23.9 Å². The van der Waals surface area contributed by atoms with Crippen molar-refractivity contribution in [1.29, 1.82) is 0 Å². The number of anilines is 1. The maximum Gasteiger partial charge on any atom is 0.261 e. The van der Waals surface area contributed by atoms with E-state index < -0.39 is 0 Å². The zero-order valence-corrected chi connectivity index (χ0v) is 12.8. The van der Waals surface area contributed by atoms with E-state index in [0.717, 1.165) is 0 Å². The van der Waals surface area contributed by atoms with Crippen molar-refractivity contribution >= 4 is 11.6 Å². The van der Waals surface area contributed by atoms with Crippen LogP contribution in [0.5, 0.6) is 11.5 Å². The van der Waals surface area contributed by atoms with Crippen LogP contribution in [0.1, 0.15) is 21.9 Å². The van der Waals surface area contributed by atoms with Gasteiger partial charge < -0.3 is 14.4 Å². The maximum atomic E-state index is 12.8. The van der Waals surface area contributed by atoms with Crippen LogP contribution < -0.4 is 14.4 Å². The Kier molecular flexibility index (Phi) is 3.66. The predicted molar refractivity (Wildman–Crippen MR) is 81.7 cm³/mol. The van der Waals surface area contributed by atoms with Gasteiger partial charge in [-0.2, -0.15) is 0 Å². The van der Waals surface area contributed by atoms with Crippen LogP contribution in [0.3, 0.4) is 0 Å². The highest BCUT2D eigenvalue weighted by Crippen LogP contribution is 2.35. The minimum absolute atomic E-state index is 0.129. The van der Waals surface area contributed by atoms with Gasteiger partial charge in [-0.15, -0.1) is 0 Å². The molecule has 0 saturated carbocycles. The number of rotatable bonds is 2. The minimum Gasteiger partial charge on any atom is -0.497 e. The third kappa shape index (κ3) is 2.47. The van der Waals surface area contributed by atoms with Crippen LogP contribution in [0.2, 0.25) is 0 Å². The molecule has 1 aliphatic heterocycles. The number of aromatic nitrogens is 2. The van der Waals surface area contributed by atoms with Crippen LogP contribution in [0.25, 0.3) is 0 Å². The number of carbonyl (C=O) groups is 1. The Morgan fingerprint density at radius 1 is 1.36 bits per heavy atom. The summed E-state index contributed by atoms with van der Waals surface area (Å²) < 4.78 is 10.8. The monoisotopic (exact) mass is 299 g/mol. The Balaban J connectivity index is 2.01. The fourth-order valence-electron chi connectivity index (χ4n) is 2.47. The minimum atomic E-state index is -0.129. The van der Waals surface area contributed by atoms with Gasteiger partial charge in [0.15, 0.2) is 0 Å². The first-order chi connectivity index (χ1) is 10.6. The van der Waals surface area contributed by atoms with Crippen molar-refractivity contribution in [3.63, 3.8) is 0 Å². The second kappa shape index (κ2) is 5.63. The number of fused-ring (bicyclic) bond motifs is 1. The van der Waals surface area contributed by atoms with E-state index in [9.17, 15) is 4.79 Å². The number of carbonyl (C=O) groups excluding carboxylic acids is 1. The summed E-state index contributed by atoms with van der Waals surface area (Å²) in [5.41, 5.74) is 1.88. The van der Waals surface area contributed by atoms with Crippen LogP contribution in [0.4, 0.5) is 5.69 Å². The third-order valence-electron chi connectivity index (χ3n) is 3.60. The molecule has 0 unspecified atom stereocenters. The van der Waals surface area contributed by atoms with Gasteiger partial charge in [-0.05, 0) is 26.0 Å². The summed E-state index contributed by atoms with van der Waals surface area (Å²) in [4.78, 5) is 22.9. The van der Waals surface area contributed by atoms with E-state index in [1.165, 1.54) is 0 Å². The molecular formula is C16H17N3O3. The zero-order chi connectivity index (χ0) is 15.7. The van der Waals surface area contributed by atoms with E-state index in [1.54, 1.807) is 31.2 Å². The Morgan fingerprint density at radius 2 is 2.18 bits per heavy atom. The summed E-state index contributed by atoms with van der Waals surface area (Å²) in [6.07, 6.45) is 1.58. The fourth-order valence-corrected chi connectivity index (χ4v) is 2.47. The molecule has 1 aromatic carbocycles. The average molecular weight is 299 g/mol. The Labute approximate surface area is 128 Å². The highest BCUT2D eigenvalue weighted by Gasteiger charge is 2.26. The number of aryl methyl sites for hydroxylation is 2. The molecule has 2 heterocycles. The van der Waals surface area contributed by atoms with Gasteiger partial charge >= 0.3 is 0 Å². The van der Waals surface area contributed by atoms with Crippen molar-refractivity contribution in [3.8, 4) is 11.5 Å². The molecule has 0 radical (unpaired) electrons. The molecular weight excluding hydrogens is 282 g/mol. The van der Waals surface area contributed by atoms with Gasteiger partial charge in [-0.1, -0.05) is 0 Å². The molecule has 6 heteroatoms. The largest absolute Gasteiger partial charge is 0.497 e. The summed E-state index contributed by atoms with van der Waals surface area (Å²) >= 11 is 0. The normalized spacial score (nSPS) is 13.3. The Hall–Kier alpha value is -2.63. The summed E-state index contributed by atoms with van der Waals surface area (Å²) in [6, 6.07) is 5.43. The van der Waals surface area contributed by atoms with Gasteiger partial charge in [0, 0.05) is 12.3 Å². The molecule has 0 spiro atoms. The number of nitrogens with zero attached hydrogens (tertiary/aromatic N) is 3. The van der Waals surface area contributed by atoms with Crippen molar-refractivity contribution in [1.82, 2.24) is 9.97 Å². The summed E-state index contributed by atoms with van der Waals surface area (Å²) in [5, 5.41) is 0. The van der Waals surface area contributed by atoms with E-state index in [0.29, 0.717) is 47.4 Å². The SMILES string of the molecule is COc1ccc2c(c1)N(C(=O)c1cnc(C)nc1C)CCO2. The molecule has 0 bridgehead atoms. The molecule has 1 aliphatic rings. The molecule has 0 N–H and O–H groups in total. The van der Waals surface area contributed by atoms with E-state index >= 15 is 0 Å². The smallest absolute Gasteiger partial charge is 0.261 e. The molecule has 1 amide bonds. The van der Waals surface area contributed by atoms with Gasteiger partial charge in [0.25, 0.3) is 5.91 Å². The third-order valence-corrected chi connectivity index (χ3v) is 3.60. The van der Waals surface area contributed by atoms with E-state index in [2.05, 4.69) is 9.97 Å². The average Bonchev–Trinajstić information content (AvgIpc) is 2.53. The first-order valence-corrected chi connectivity index (χ1v) is 7.03. The van der Waals surface area contributed by atoms with Gasteiger partial charge in [0.05, 0.1) is 30.6 Å². The quantitative estimate of drug-likeness (QED) is 0.850. The second-order valence-electron chi connectivity index (χ2n) is 5.06. The molecule has 22 heavy (non-hydrogen) atoms. The van der Waals surface area contributed by atoms with Crippen molar-refractivity contribution in [2.24, 2.45) is 0 Å². The summed E-state index contributed by atoms with van der Waals surface area (Å²) in [5.74, 6) is 1.87. The molecule has 1 aromatic heterocycles. The number of hydrogen-bond donors (Lipinski definition) is 0. The predicted octanol–water partition coefficient (Wildman–Crippen LogP) is 2.14. The van der Waals surface area contributed by atoms with Gasteiger partial charge in [0.2, 0.25) is 0 Å². The highest BCUT2D eigenvalue weighted by atomic mass is 16.5. The first-order valence-electron chi connectivity index (χ1n) is 7.03. The molecule has 0 atom stereocenters. The van der Waals surface area contributed by atoms with E-state index in [4.69, 9.17) is 9.47 Å². The van der Waals surface area contributed by atoms with E-state index in [1.807, 2.05) is 19.1 Å². The molecule has 0 saturated heterocycles. The standard InChI is InChI=1S/C16H17N3O3/c1-10-13(9-17-11(2)18-10)16(20)19-6-7-22-15-5-4-12(21-3)8-14(15)19/h4-5,8-9H,6-7H2,1-3H3. The number of benzene rings is 1. The summed E-state index contributed by atoms with van der Waals surface area (Å²) in [6.45, 7) is 4.55. The van der Waals surface area contributed by atoms with Crippen LogP contribution >= 0.6 is 0 Å². The van der Waals surface area contributed by atoms with E-state index in [-0.39, 0.29) is 5.91 Å². The molecule has 0 fully saturated rings. The highest BCUT2D eigenvalue weighted by molar-refractivity contribution is 6.07. The van der Waals surface area contributed by atoms with Crippen molar-refractivity contribution in [2.75, 3.05) is 25.2 Å². The van der Waals surface area contributed by atoms with Crippen molar-refractivity contribution < 1.29 is 14.3 Å². The topological polar surface area (TPSA) is 64.5 Å². The number of amides is 1. The van der Waals surface area contributed by atoms with Crippen molar-refractivity contribution in [3.05, 3.63) is 41.5 Å². The number of methoxy groups -OCH3 is 1. The molecule has 2 aromatic rings. The second-order valence-corrected chi connectivity index (χ2v) is 5.06. The van der Waals surface area contributed by atoms with Crippen LogP contribution in [-0.4, -0.2) is 36.1 Å². The fraction of sp³-hybridized carbons (Fsp3) is 0.312. The Morgan fingerprint density at radius 3 is 2.91 bits per heavy atom. The van der Waals surface area contributed by atoms with Gasteiger partial charge in [-0.25, -0.2) is 9.97 Å². The lowest BCUT2D eigenvalue weighted by Crippen LogP contribution is -2.38. The summed E-state index contributed by atoms with van der Waals surface area (Å²) in [7, 11) is 1.59. The number of ether oxygens (including phenoxy) is 2. The molecule has 3 rings (SSSR count). The lowest BCUT2D eigenvalue weighted by molar-refractivity contribution is 0.0975. The van der Waals surface area contributed by atoms with Gasteiger partial charge in [-0.3, -0.25) is 4.79 Å². The maximum absolute atomic E-state index is 12.8. The van der Waals surface area contributed by atoms with Crippen molar-refractivity contribution in [2.45, 2.75) is 13.8 Å². The molecule has 114 valence electrons. The molecule has 0 aliphatic carbocycles. The number of hydrogen-bond acceptors (Lipinski definition) is 5.